The van der Waals surface area contributed by atoms with Crippen molar-refractivity contribution in [2.24, 2.45) is 11.3 Å². The largest absolute Gasteiger partial charge is 0.481 e. The maximum atomic E-state index is 12.0. The molecule has 0 aromatic heterocycles. The molecule has 1 fully saturated rings. The molecular formula is C11H20N2O3. The Hall–Kier alpha value is -1.10. The normalized spacial score (nSPS) is 26.4. The molecule has 92 valence electrons. The van der Waals surface area contributed by atoms with Crippen molar-refractivity contribution in [3.63, 3.8) is 0 Å². The summed E-state index contributed by atoms with van der Waals surface area (Å²) < 4.78 is 0. The molecule has 0 aromatic rings. The van der Waals surface area contributed by atoms with Crippen molar-refractivity contribution < 1.29 is 14.7 Å². The third-order valence-electron chi connectivity index (χ3n) is 3.39. The number of carbonyl (C=O) groups is 2. The van der Waals surface area contributed by atoms with E-state index in [-0.39, 0.29) is 17.9 Å². The summed E-state index contributed by atoms with van der Waals surface area (Å²) >= 11 is 0. The van der Waals surface area contributed by atoms with Crippen LogP contribution in [0, 0.1) is 11.3 Å². The van der Waals surface area contributed by atoms with E-state index in [4.69, 9.17) is 5.11 Å². The van der Waals surface area contributed by atoms with Gasteiger partial charge in [-0.05, 0) is 19.4 Å². The molecule has 0 aromatic carbocycles. The monoisotopic (exact) mass is 228 g/mol. The molecule has 1 aliphatic rings. The first-order valence-electron chi connectivity index (χ1n) is 5.73. The minimum absolute atomic E-state index is 0.0203. The second-order valence-electron chi connectivity index (χ2n) is 4.51. The lowest BCUT2D eigenvalue weighted by molar-refractivity contribution is -0.141. The van der Waals surface area contributed by atoms with Crippen LogP contribution in [0.2, 0.25) is 0 Å². The van der Waals surface area contributed by atoms with Crippen molar-refractivity contribution >= 4 is 11.9 Å². The van der Waals surface area contributed by atoms with Crippen LogP contribution in [-0.4, -0.2) is 36.6 Å². The van der Waals surface area contributed by atoms with E-state index >= 15 is 0 Å². The summed E-state index contributed by atoms with van der Waals surface area (Å²) in [6.07, 6.45) is 1.62. The maximum Gasteiger partial charge on any atom is 0.308 e. The van der Waals surface area contributed by atoms with Crippen molar-refractivity contribution in [2.45, 2.75) is 26.7 Å². The molecule has 1 rings (SSSR count). The average molecular weight is 228 g/mol. The number of nitrogens with one attached hydrogen (secondary N) is 2. The molecular weight excluding hydrogens is 208 g/mol. The van der Waals surface area contributed by atoms with Gasteiger partial charge in [-0.1, -0.05) is 13.8 Å². The fraction of sp³-hybridized carbons (Fsp3) is 0.818. The molecule has 0 saturated carbocycles. The Morgan fingerprint density at radius 2 is 2.25 bits per heavy atom. The van der Waals surface area contributed by atoms with Gasteiger partial charge in [0.1, 0.15) is 0 Å². The highest BCUT2D eigenvalue weighted by Gasteiger charge is 2.39. The smallest absolute Gasteiger partial charge is 0.308 e. The fourth-order valence-electron chi connectivity index (χ4n) is 1.92. The molecule has 1 amide bonds. The lowest BCUT2D eigenvalue weighted by Crippen LogP contribution is -2.44. The second-order valence-corrected chi connectivity index (χ2v) is 4.51. The molecule has 2 atom stereocenters. The quantitative estimate of drug-likeness (QED) is 0.628. The Morgan fingerprint density at radius 1 is 1.56 bits per heavy atom. The summed E-state index contributed by atoms with van der Waals surface area (Å²) in [5.41, 5.74) is -0.335. The van der Waals surface area contributed by atoms with E-state index in [1.165, 1.54) is 0 Å². The fourth-order valence-corrected chi connectivity index (χ4v) is 1.92. The van der Waals surface area contributed by atoms with Crippen LogP contribution in [0.4, 0.5) is 0 Å². The van der Waals surface area contributed by atoms with Crippen molar-refractivity contribution in [3.05, 3.63) is 0 Å². The standard InChI is InChI=1S/C11H20N2O3/c1-3-11(4-5-12-7-11)10(16)13-6-8(2)9(14)15/h8,12H,3-7H2,1-2H3,(H,13,16)(H,14,15). The Morgan fingerprint density at radius 3 is 2.69 bits per heavy atom. The van der Waals surface area contributed by atoms with Gasteiger partial charge in [0.25, 0.3) is 0 Å². The van der Waals surface area contributed by atoms with Crippen LogP contribution in [-0.2, 0) is 9.59 Å². The van der Waals surface area contributed by atoms with Crippen LogP contribution in [0.25, 0.3) is 0 Å². The summed E-state index contributed by atoms with van der Waals surface area (Å²) in [5.74, 6) is -1.43. The van der Waals surface area contributed by atoms with Crippen molar-refractivity contribution in [3.8, 4) is 0 Å². The highest BCUT2D eigenvalue weighted by Crippen LogP contribution is 2.29. The lowest BCUT2D eigenvalue weighted by Gasteiger charge is -2.25. The lowest BCUT2D eigenvalue weighted by atomic mass is 9.83. The van der Waals surface area contributed by atoms with Gasteiger partial charge in [-0.2, -0.15) is 0 Å². The van der Waals surface area contributed by atoms with Crippen LogP contribution in [0.5, 0.6) is 0 Å². The number of carboxylic acids is 1. The number of amides is 1. The number of hydrogen-bond donors (Lipinski definition) is 3. The van der Waals surface area contributed by atoms with E-state index in [0.717, 1.165) is 19.4 Å². The van der Waals surface area contributed by atoms with Gasteiger partial charge in [0.05, 0.1) is 11.3 Å². The van der Waals surface area contributed by atoms with E-state index in [2.05, 4.69) is 10.6 Å². The highest BCUT2D eigenvalue weighted by atomic mass is 16.4. The first kappa shape index (κ1) is 13.0. The van der Waals surface area contributed by atoms with Crippen LogP contribution in [0.1, 0.15) is 26.7 Å². The summed E-state index contributed by atoms with van der Waals surface area (Å²) in [5, 5.41) is 14.6. The maximum absolute atomic E-state index is 12.0. The SMILES string of the molecule is CCC1(C(=O)NCC(C)C(=O)O)CCNC1. The summed E-state index contributed by atoms with van der Waals surface area (Å²) in [6, 6.07) is 0. The first-order chi connectivity index (χ1) is 7.52. The predicted molar refractivity (Wildman–Crippen MR) is 60.0 cm³/mol. The van der Waals surface area contributed by atoms with Gasteiger partial charge >= 0.3 is 5.97 Å². The van der Waals surface area contributed by atoms with Crippen LogP contribution in [0.3, 0.4) is 0 Å². The molecule has 1 saturated heterocycles. The van der Waals surface area contributed by atoms with Gasteiger partial charge in [0.15, 0.2) is 0 Å². The zero-order chi connectivity index (χ0) is 12.2. The van der Waals surface area contributed by atoms with Gasteiger partial charge in [-0.15, -0.1) is 0 Å². The van der Waals surface area contributed by atoms with E-state index in [1.807, 2.05) is 6.92 Å². The molecule has 3 N–H and O–H groups in total. The highest BCUT2D eigenvalue weighted by molar-refractivity contribution is 5.83. The van der Waals surface area contributed by atoms with Crippen molar-refractivity contribution in [2.75, 3.05) is 19.6 Å². The third kappa shape index (κ3) is 2.72. The summed E-state index contributed by atoms with van der Waals surface area (Å²) in [7, 11) is 0. The van der Waals surface area contributed by atoms with E-state index in [9.17, 15) is 9.59 Å². The zero-order valence-corrected chi connectivity index (χ0v) is 9.88. The second kappa shape index (κ2) is 5.30. The predicted octanol–water partition coefficient (Wildman–Crippen LogP) is 0.213. The van der Waals surface area contributed by atoms with Gasteiger partial charge in [0, 0.05) is 13.1 Å². The van der Waals surface area contributed by atoms with Crippen molar-refractivity contribution in [1.29, 1.82) is 0 Å². The Bertz CT molecular complexity index is 272. The first-order valence-corrected chi connectivity index (χ1v) is 5.73. The molecule has 5 heteroatoms. The number of carbonyl (C=O) groups excluding carboxylic acids is 1. The van der Waals surface area contributed by atoms with Gasteiger partial charge in [0.2, 0.25) is 5.91 Å². The van der Waals surface area contributed by atoms with Crippen LogP contribution >= 0.6 is 0 Å². The van der Waals surface area contributed by atoms with E-state index < -0.39 is 11.9 Å². The molecule has 0 aliphatic carbocycles. The number of carboxylic acid groups (broad SMARTS) is 1. The average Bonchev–Trinajstić information content (AvgIpc) is 2.74. The van der Waals surface area contributed by atoms with Gasteiger partial charge in [-0.25, -0.2) is 0 Å². The Kier molecular flexibility index (Phi) is 4.29. The van der Waals surface area contributed by atoms with Crippen molar-refractivity contribution in [1.82, 2.24) is 10.6 Å². The Balaban J connectivity index is 2.48. The number of aliphatic carboxylic acids is 1. The molecule has 0 radical (unpaired) electrons. The third-order valence-corrected chi connectivity index (χ3v) is 3.39. The Labute approximate surface area is 95.6 Å². The summed E-state index contributed by atoms with van der Waals surface area (Å²) in [6.45, 7) is 5.34. The zero-order valence-electron chi connectivity index (χ0n) is 9.88. The minimum atomic E-state index is -0.879. The van der Waals surface area contributed by atoms with Gasteiger partial charge < -0.3 is 15.7 Å². The van der Waals surface area contributed by atoms with E-state index in [1.54, 1.807) is 6.92 Å². The molecule has 16 heavy (non-hydrogen) atoms. The molecule has 1 heterocycles. The molecule has 2 unspecified atom stereocenters. The number of hydrogen-bond acceptors (Lipinski definition) is 3. The molecule has 0 spiro atoms. The number of rotatable bonds is 5. The van der Waals surface area contributed by atoms with Crippen LogP contribution < -0.4 is 10.6 Å². The minimum Gasteiger partial charge on any atom is -0.481 e. The summed E-state index contributed by atoms with van der Waals surface area (Å²) in [4.78, 5) is 22.6. The molecule has 1 aliphatic heterocycles. The topological polar surface area (TPSA) is 78.4 Å². The molecule has 0 bridgehead atoms. The van der Waals surface area contributed by atoms with Gasteiger partial charge in [-0.3, -0.25) is 9.59 Å². The van der Waals surface area contributed by atoms with E-state index in [0.29, 0.717) is 6.54 Å². The van der Waals surface area contributed by atoms with Crippen LogP contribution in [0.15, 0.2) is 0 Å². The molecule has 5 nitrogen and oxygen atoms in total.